The summed E-state index contributed by atoms with van der Waals surface area (Å²) < 4.78 is 54.1. The van der Waals surface area contributed by atoms with Crippen molar-refractivity contribution in [2.24, 2.45) is 0 Å². The monoisotopic (exact) mass is 366 g/mol. The summed E-state index contributed by atoms with van der Waals surface area (Å²) in [7, 11) is 0. The molecule has 3 aromatic rings. The average molecular weight is 366 g/mol. The number of anilines is 1. The van der Waals surface area contributed by atoms with Crippen molar-refractivity contribution in [3.05, 3.63) is 59.5 Å². The minimum Gasteiger partial charge on any atom is -0.406 e. The zero-order chi connectivity index (χ0) is 18.9. The van der Waals surface area contributed by atoms with Crippen molar-refractivity contribution in [3.8, 4) is 5.75 Å². The molecule has 2 N–H and O–H groups in total. The molecule has 0 aliphatic carbocycles. The molecule has 1 amide bonds. The van der Waals surface area contributed by atoms with Crippen molar-refractivity contribution in [2.45, 2.75) is 19.7 Å². The van der Waals surface area contributed by atoms with Gasteiger partial charge in [-0.3, -0.25) is 4.79 Å². The Morgan fingerprint density at radius 2 is 1.96 bits per heavy atom. The van der Waals surface area contributed by atoms with Crippen LogP contribution in [0.3, 0.4) is 0 Å². The number of hydrogen-bond acceptors (Lipinski definition) is 2. The summed E-state index contributed by atoms with van der Waals surface area (Å²) in [4.78, 5) is 15.3. The number of carbonyl (C=O) groups is 1. The quantitative estimate of drug-likeness (QED) is 0.658. The Bertz CT molecular complexity index is 963. The van der Waals surface area contributed by atoms with Crippen LogP contribution in [0.25, 0.3) is 10.9 Å². The largest absolute Gasteiger partial charge is 0.573 e. The highest BCUT2D eigenvalue weighted by Crippen LogP contribution is 2.26. The summed E-state index contributed by atoms with van der Waals surface area (Å²) in [6.45, 7) is 1.76. The maximum absolute atomic E-state index is 13.5. The maximum atomic E-state index is 13.5. The van der Waals surface area contributed by atoms with E-state index in [-0.39, 0.29) is 12.1 Å². The molecule has 0 fully saturated rings. The van der Waals surface area contributed by atoms with Crippen LogP contribution in [-0.4, -0.2) is 17.3 Å². The van der Waals surface area contributed by atoms with Crippen molar-refractivity contribution >= 4 is 22.5 Å². The molecule has 0 aliphatic rings. The number of aromatic nitrogens is 1. The predicted molar refractivity (Wildman–Crippen MR) is 88.5 cm³/mol. The number of hydrogen-bond donors (Lipinski definition) is 2. The molecule has 0 unspecified atom stereocenters. The van der Waals surface area contributed by atoms with E-state index in [0.29, 0.717) is 16.5 Å². The predicted octanol–water partition coefficient (Wildman–Crippen LogP) is 4.70. The molecule has 0 bridgehead atoms. The summed E-state index contributed by atoms with van der Waals surface area (Å²) >= 11 is 0. The second-order valence-corrected chi connectivity index (χ2v) is 5.72. The molecular weight excluding hydrogens is 352 g/mol. The summed E-state index contributed by atoms with van der Waals surface area (Å²) in [5.41, 5.74) is 2.21. The molecule has 1 aromatic heterocycles. The number of benzene rings is 2. The van der Waals surface area contributed by atoms with Gasteiger partial charge in [0.25, 0.3) is 0 Å². The van der Waals surface area contributed by atoms with Gasteiger partial charge in [-0.2, -0.15) is 0 Å². The number of aryl methyl sites for hydroxylation is 1. The first kappa shape index (κ1) is 17.8. The fraction of sp³-hybridized carbons (Fsp3) is 0.167. The van der Waals surface area contributed by atoms with E-state index < -0.39 is 23.8 Å². The van der Waals surface area contributed by atoms with Crippen LogP contribution in [0.1, 0.15) is 11.3 Å². The standard InChI is InChI=1S/C18H14F4N2O2/c1-10-14(15-7-11(19)5-6-16(15)23-10)9-17(25)24-12-3-2-4-13(8-12)26-18(20,21)22/h2-8,23H,9H2,1H3,(H,24,25). The Morgan fingerprint density at radius 3 is 2.69 bits per heavy atom. The Kier molecular flexibility index (Phi) is 4.58. The van der Waals surface area contributed by atoms with Gasteiger partial charge in [0.2, 0.25) is 5.91 Å². The summed E-state index contributed by atoms with van der Waals surface area (Å²) in [5, 5.41) is 3.11. The Balaban J connectivity index is 1.77. The molecule has 3 rings (SSSR count). The SMILES string of the molecule is Cc1[nH]c2ccc(F)cc2c1CC(=O)Nc1cccc(OC(F)(F)F)c1. The number of H-pyrrole nitrogens is 1. The first-order valence-electron chi connectivity index (χ1n) is 7.63. The zero-order valence-corrected chi connectivity index (χ0v) is 13.6. The highest BCUT2D eigenvalue weighted by atomic mass is 19.4. The Morgan fingerprint density at radius 1 is 1.19 bits per heavy atom. The van der Waals surface area contributed by atoms with Crippen LogP contribution in [0.5, 0.6) is 5.75 Å². The van der Waals surface area contributed by atoms with Gasteiger partial charge in [0.05, 0.1) is 6.42 Å². The van der Waals surface area contributed by atoms with E-state index in [2.05, 4.69) is 15.0 Å². The second-order valence-electron chi connectivity index (χ2n) is 5.72. The lowest BCUT2D eigenvalue weighted by atomic mass is 10.1. The molecule has 0 radical (unpaired) electrons. The normalized spacial score (nSPS) is 11.6. The van der Waals surface area contributed by atoms with Crippen LogP contribution in [0.15, 0.2) is 42.5 Å². The number of aromatic amines is 1. The van der Waals surface area contributed by atoms with E-state index in [0.717, 1.165) is 17.8 Å². The molecule has 4 nitrogen and oxygen atoms in total. The third kappa shape index (κ3) is 4.14. The molecular formula is C18H14F4N2O2. The van der Waals surface area contributed by atoms with Crippen molar-refractivity contribution in [1.82, 2.24) is 4.98 Å². The van der Waals surface area contributed by atoms with Gasteiger partial charge in [0, 0.05) is 28.4 Å². The van der Waals surface area contributed by atoms with Gasteiger partial charge >= 0.3 is 6.36 Å². The van der Waals surface area contributed by atoms with E-state index in [1.54, 1.807) is 13.0 Å². The van der Waals surface area contributed by atoms with Gasteiger partial charge in [-0.05, 0) is 42.8 Å². The zero-order valence-electron chi connectivity index (χ0n) is 13.6. The third-order valence-electron chi connectivity index (χ3n) is 3.77. The number of amides is 1. The second kappa shape index (κ2) is 6.70. The van der Waals surface area contributed by atoms with Gasteiger partial charge in [0.1, 0.15) is 11.6 Å². The lowest BCUT2D eigenvalue weighted by Gasteiger charge is -2.11. The Labute approximate surface area is 145 Å². The number of alkyl halides is 3. The molecule has 2 aromatic carbocycles. The molecule has 8 heteroatoms. The van der Waals surface area contributed by atoms with Crippen LogP contribution >= 0.6 is 0 Å². The van der Waals surface area contributed by atoms with Gasteiger partial charge in [0.15, 0.2) is 0 Å². The van der Waals surface area contributed by atoms with Gasteiger partial charge in [-0.15, -0.1) is 13.2 Å². The van der Waals surface area contributed by atoms with Crippen LogP contribution in [-0.2, 0) is 11.2 Å². The highest BCUT2D eigenvalue weighted by Gasteiger charge is 2.31. The van der Waals surface area contributed by atoms with Crippen molar-refractivity contribution in [3.63, 3.8) is 0 Å². The summed E-state index contributed by atoms with van der Waals surface area (Å²) in [5.74, 6) is -1.29. The first-order chi connectivity index (χ1) is 12.2. The highest BCUT2D eigenvalue weighted by molar-refractivity contribution is 5.96. The number of nitrogens with one attached hydrogen (secondary N) is 2. The van der Waals surface area contributed by atoms with E-state index in [1.165, 1.54) is 24.3 Å². The van der Waals surface area contributed by atoms with Gasteiger partial charge in [-0.1, -0.05) is 6.07 Å². The smallest absolute Gasteiger partial charge is 0.406 e. The fourth-order valence-electron chi connectivity index (χ4n) is 2.72. The molecule has 0 spiro atoms. The molecule has 1 heterocycles. The van der Waals surface area contributed by atoms with Crippen molar-refractivity contribution < 1.29 is 27.1 Å². The summed E-state index contributed by atoms with van der Waals surface area (Å²) in [6, 6.07) is 9.22. The topological polar surface area (TPSA) is 54.1 Å². The number of ether oxygens (including phenoxy) is 1. The number of carbonyl (C=O) groups excluding carboxylic acids is 1. The first-order valence-corrected chi connectivity index (χ1v) is 7.63. The van der Waals surface area contributed by atoms with Crippen molar-refractivity contribution in [2.75, 3.05) is 5.32 Å². The third-order valence-corrected chi connectivity index (χ3v) is 3.77. The minimum absolute atomic E-state index is 0.0559. The van der Waals surface area contributed by atoms with Gasteiger partial charge in [-0.25, -0.2) is 4.39 Å². The lowest BCUT2D eigenvalue weighted by Crippen LogP contribution is -2.18. The maximum Gasteiger partial charge on any atom is 0.573 e. The van der Waals surface area contributed by atoms with Gasteiger partial charge < -0.3 is 15.0 Å². The van der Waals surface area contributed by atoms with E-state index in [9.17, 15) is 22.4 Å². The minimum atomic E-state index is -4.81. The number of halogens is 4. The molecule has 0 aliphatic heterocycles. The number of fused-ring (bicyclic) bond motifs is 1. The van der Waals surface area contributed by atoms with E-state index in [1.807, 2.05) is 0 Å². The molecule has 136 valence electrons. The molecule has 0 saturated carbocycles. The fourth-order valence-corrected chi connectivity index (χ4v) is 2.72. The molecule has 0 atom stereocenters. The van der Waals surface area contributed by atoms with Crippen LogP contribution < -0.4 is 10.1 Å². The number of rotatable bonds is 4. The molecule has 26 heavy (non-hydrogen) atoms. The van der Waals surface area contributed by atoms with E-state index >= 15 is 0 Å². The average Bonchev–Trinajstić information content (AvgIpc) is 2.81. The summed E-state index contributed by atoms with van der Waals surface area (Å²) in [6.07, 6.45) is -4.87. The molecule has 0 saturated heterocycles. The lowest BCUT2D eigenvalue weighted by molar-refractivity contribution is -0.274. The Hall–Kier alpha value is -3.03. The van der Waals surface area contributed by atoms with Crippen LogP contribution in [0.2, 0.25) is 0 Å². The van der Waals surface area contributed by atoms with Crippen LogP contribution in [0.4, 0.5) is 23.2 Å². The van der Waals surface area contributed by atoms with Crippen LogP contribution in [0, 0.1) is 12.7 Å². The van der Waals surface area contributed by atoms with Crippen molar-refractivity contribution in [1.29, 1.82) is 0 Å². The van der Waals surface area contributed by atoms with E-state index in [4.69, 9.17) is 0 Å².